The minimum Gasteiger partial charge on any atom is -0.477 e. The number of carboxylic acids is 1. The van der Waals surface area contributed by atoms with E-state index in [1.165, 1.54) is 23.5 Å². The summed E-state index contributed by atoms with van der Waals surface area (Å²) >= 11 is 3.59. The van der Waals surface area contributed by atoms with E-state index in [0.29, 0.717) is 5.56 Å². The number of nitrogens with one attached hydrogen (secondary N) is 1. The van der Waals surface area contributed by atoms with Crippen LogP contribution in [0.15, 0.2) is 29.6 Å². The molecule has 0 radical (unpaired) electrons. The van der Waals surface area contributed by atoms with Crippen molar-refractivity contribution in [2.45, 2.75) is 0 Å². The van der Waals surface area contributed by atoms with Crippen molar-refractivity contribution in [1.29, 1.82) is 0 Å². The van der Waals surface area contributed by atoms with Gasteiger partial charge in [0, 0.05) is 5.38 Å². The van der Waals surface area contributed by atoms with Crippen LogP contribution in [0.1, 0.15) is 20.8 Å². The average Bonchev–Trinajstić information content (AvgIpc) is 2.76. The van der Waals surface area contributed by atoms with Crippen LogP contribution in [0.2, 0.25) is 0 Å². The summed E-state index contributed by atoms with van der Waals surface area (Å²) in [5.41, 5.74) is 0.430. The summed E-state index contributed by atoms with van der Waals surface area (Å²) in [7, 11) is 0. The second-order valence-corrected chi connectivity index (χ2v) is 6.11. The van der Waals surface area contributed by atoms with E-state index in [4.69, 9.17) is 5.11 Å². The quantitative estimate of drug-likeness (QED) is 0.810. The van der Waals surface area contributed by atoms with Gasteiger partial charge in [-0.3, -0.25) is 4.79 Å². The molecule has 2 aromatic rings. The first-order chi connectivity index (χ1) is 8.56. The summed E-state index contributed by atoms with van der Waals surface area (Å²) in [6.45, 7) is 0. The van der Waals surface area contributed by atoms with Crippen LogP contribution < -0.4 is 5.32 Å². The van der Waals surface area contributed by atoms with E-state index >= 15 is 0 Å². The molecule has 0 fully saturated rings. The first-order valence-electron chi connectivity index (χ1n) is 4.82. The van der Waals surface area contributed by atoms with E-state index in [1.807, 2.05) is 0 Å². The van der Waals surface area contributed by atoms with Crippen molar-refractivity contribution in [2.24, 2.45) is 0 Å². The van der Waals surface area contributed by atoms with Gasteiger partial charge in [0.2, 0.25) is 0 Å². The van der Waals surface area contributed by atoms with Crippen molar-refractivity contribution in [3.63, 3.8) is 0 Å². The molecule has 1 amide bonds. The summed E-state index contributed by atoms with van der Waals surface area (Å²) in [4.78, 5) is 26.4. The van der Waals surface area contributed by atoms with Crippen molar-refractivity contribution in [3.05, 3.63) is 43.8 Å². The van der Waals surface area contributed by atoms with Crippen LogP contribution in [-0.2, 0) is 0 Å². The second-order valence-electron chi connectivity index (χ2n) is 3.31. The number of hydrogen-bond donors (Lipinski definition) is 2. The largest absolute Gasteiger partial charge is 0.477 e. The summed E-state index contributed by atoms with van der Waals surface area (Å²) in [6, 6.07) is 6.19. The van der Waals surface area contributed by atoms with Gasteiger partial charge in [-0.1, -0.05) is 6.07 Å². The molecule has 0 aromatic carbocycles. The van der Waals surface area contributed by atoms with Gasteiger partial charge >= 0.3 is 5.97 Å². The van der Waals surface area contributed by atoms with Crippen molar-refractivity contribution in [1.82, 2.24) is 4.98 Å². The standard InChI is InChI=1S/C11H7IN2O3S/c12-8-4-6(5-18-8)10(15)14-9-3-1-2-7(13-9)11(16)17/h1-5H,(H,16,17)(H,13,14,15). The Hall–Kier alpha value is -1.48. The number of carbonyl (C=O) groups is 2. The second kappa shape index (κ2) is 5.44. The van der Waals surface area contributed by atoms with E-state index in [1.54, 1.807) is 17.5 Å². The Morgan fingerprint density at radius 3 is 2.78 bits per heavy atom. The molecular formula is C11H7IN2O3S. The van der Waals surface area contributed by atoms with Crippen LogP contribution in [-0.4, -0.2) is 22.0 Å². The summed E-state index contributed by atoms with van der Waals surface area (Å²) in [5.74, 6) is -1.21. The molecule has 2 N–H and O–H groups in total. The number of aromatic carboxylic acids is 1. The van der Waals surface area contributed by atoms with Crippen LogP contribution in [0.3, 0.4) is 0 Å². The molecule has 2 rings (SSSR count). The number of pyridine rings is 1. The number of carbonyl (C=O) groups excluding carboxylic acids is 1. The normalized spacial score (nSPS) is 10.1. The monoisotopic (exact) mass is 374 g/mol. The topological polar surface area (TPSA) is 79.3 Å². The Bertz CT molecular complexity index is 612. The molecule has 0 atom stereocenters. The Labute approximate surface area is 120 Å². The van der Waals surface area contributed by atoms with Gasteiger partial charge in [0.25, 0.3) is 5.91 Å². The lowest BCUT2D eigenvalue weighted by Crippen LogP contribution is -2.13. The van der Waals surface area contributed by atoms with Crippen LogP contribution in [0.5, 0.6) is 0 Å². The van der Waals surface area contributed by atoms with Gasteiger partial charge in [-0.05, 0) is 40.8 Å². The van der Waals surface area contributed by atoms with E-state index in [2.05, 4.69) is 32.9 Å². The average molecular weight is 374 g/mol. The lowest BCUT2D eigenvalue weighted by atomic mass is 10.3. The molecule has 2 heterocycles. The number of nitrogens with zero attached hydrogens (tertiary/aromatic N) is 1. The van der Waals surface area contributed by atoms with Gasteiger partial charge in [0.15, 0.2) is 5.69 Å². The molecule has 0 aliphatic carbocycles. The van der Waals surface area contributed by atoms with Crippen molar-refractivity contribution in [3.8, 4) is 0 Å². The highest BCUT2D eigenvalue weighted by molar-refractivity contribution is 14.1. The third-order valence-electron chi connectivity index (χ3n) is 2.04. The van der Waals surface area contributed by atoms with Gasteiger partial charge in [-0.25, -0.2) is 9.78 Å². The maximum atomic E-state index is 11.8. The maximum Gasteiger partial charge on any atom is 0.354 e. The van der Waals surface area contributed by atoms with Gasteiger partial charge in [0.1, 0.15) is 5.82 Å². The zero-order valence-electron chi connectivity index (χ0n) is 8.88. The fourth-order valence-electron chi connectivity index (χ4n) is 1.24. The lowest BCUT2D eigenvalue weighted by Gasteiger charge is -2.03. The van der Waals surface area contributed by atoms with E-state index < -0.39 is 5.97 Å². The number of anilines is 1. The summed E-state index contributed by atoms with van der Waals surface area (Å²) in [6.07, 6.45) is 0. The van der Waals surface area contributed by atoms with Crippen molar-refractivity contribution in [2.75, 3.05) is 5.32 Å². The number of carboxylic acid groups (broad SMARTS) is 1. The molecule has 0 saturated heterocycles. The minimum atomic E-state index is -1.13. The predicted octanol–water partition coefficient (Wildman–Crippen LogP) is 2.70. The van der Waals surface area contributed by atoms with Gasteiger partial charge < -0.3 is 10.4 Å². The Kier molecular flexibility index (Phi) is 3.92. The van der Waals surface area contributed by atoms with Crippen LogP contribution in [0, 0.1) is 2.88 Å². The Morgan fingerprint density at radius 1 is 1.39 bits per heavy atom. The fourth-order valence-corrected chi connectivity index (χ4v) is 2.57. The maximum absolute atomic E-state index is 11.8. The molecule has 0 saturated carbocycles. The number of hydrogen-bond acceptors (Lipinski definition) is 4. The smallest absolute Gasteiger partial charge is 0.354 e. The molecule has 5 nitrogen and oxygen atoms in total. The predicted molar refractivity (Wildman–Crippen MR) is 76.2 cm³/mol. The van der Waals surface area contributed by atoms with Gasteiger partial charge in [0.05, 0.1) is 8.45 Å². The van der Waals surface area contributed by atoms with E-state index in [0.717, 1.165) is 2.88 Å². The first kappa shape index (κ1) is 13.0. The minimum absolute atomic E-state index is 0.104. The molecule has 0 aliphatic rings. The molecule has 0 unspecified atom stereocenters. The molecule has 2 aromatic heterocycles. The van der Waals surface area contributed by atoms with Crippen LogP contribution in [0.4, 0.5) is 5.82 Å². The molecular weight excluding hydrogens is 367 g/mol. The Balaban J connectivity index is 2.16. The summed E-state index contributed by atoms with van der Waals surface area (Å²) < 4.78 is 1.00. The summed E-state index contributed by atoms with van der Waals surface area (Å²) in [5, 5.41) is 13.1. The fraction of sp³-hybridized carbons (Fsp3) is 0. The van der Waals surface area contributed by atoms with Crippen molar-refractivity contribution < 1.29 is 14.7 Å². The first-order valence-corrected chi connectivity index (χ1v) is 6.78. The van der Waals surface area contributed by atoms with E-state index in [9.17, 15) is 9.59 Å². The third kappa shape index (κ3) is 3.05. The Morgan fingerprint density at radius 2 is 2.17 bits per heavy atom. The number of halogens is 1. The molecule has 0 aliphatic heterocycles. The SMILES string of the molecule is O=C(Nc1cccc(C(=O)O)n1)c1csc(I)c1. The number of rotatable bonds is 3. The van der Waals surface area contributed by atoms with Crippen LogP contribution >= 0.6 is 33.9 Å². The number of amides is 1. The van der Waals surface area contributed by atoms with Gasteiger partial charge in [-0.2, -0.15) is 0 Å². The molecule has 7 heteroatoms. The molecule has 0 bridgehead atoms. The molecule has 92 valence electrons. The molecule has 18 heavy (non-hydrogen) atoms. The number of aromatic nitrogens is 1. The lowest BCUT2D eigenvalue weighted by molar-refractivity contribution is 0.0690. The van der Waals surface area contributed by atoms with Gasteiger partial charge in [-0.15, -0.1) is 11.3 Å². The highest BCUT2D eigenvalue weighted by Crippen LogP contribution is 2.17. The number of thiophene rings is 1. The third-order valence-corrected chi connectivity index (χ3v) is 3.83. The zero-order chi connectivity index (χ0) is 13.1. The highest BCUT2D eigenvalue weighted by Gasteiger charge is 2.10. The van der Waals surface area contributed by atoms with Crippen molar-refractivity contribution >= 4 is 51.6 Å². The zero-order valence-corrected chi connectivity index (χ0v) is 11.9. The van der Waals surface area contributed by atoms with E-state index in [-0.39, 0.29) is 17.4 Å². The van der Waals surface area contributed by atoms with Crippen LogP contribution in [0.25, 0.3) is 0 Å². The molecule has 0 spiro atoms. The highest BCUT2D eigenvalue weighted by atomic mass is 127.